The van der Waals surface area contributed by atoms with Crippen LogP contribution in [0.1, 0.15) is 28.8 Å². The molecule has 0 aliphatic carbocycles. The maximum atomic E-state index is 12.0. The van der Waals surface area contributed by atoms with E-state index in [0.717, 1.165) is 5.76 Å². The van der Waals surface area contributed by atoms with Crippen LogP contribution in [-0.2, 0) is 20.9 Å². The van der Waals surface area contributed by atoms with E-state index in [4.69, 9.17) is 13.9 Å². The molecule has 1 aromatic heterocycles. The fraction of sp³-hybridized carbons (Fsp3) is 0.350. The molecule has 150 valence electrons. The summed E-state index contributed by atoms with van der Waals surface area (Å²) in [5, 5.41) is 2.45. The molecule has 0 atom stereocenters. The molecule has 1 N–H and O–H groups in total. The number of nitrogens with zero attached hydrogens (tertiary/aromatic N) is 1. The minimum atomic E-state index is -0.699. The zero-order chi connectivity index (χ0) is 20.5. The van der Waals surface area contributed by atoms with Crippen LogP contribution in [0, 0.1) is 6.92 Å². The van der Waals surface area contributed by atoms with E-state index in [0.29, 0.717) is 23.7 Å². The molecule has 0 bridgehead atoms. The van der Waals surface area contributed by atoms with Gasteiger partial charge in [0.2, 0.25) is 0 Å². The minimum absolute atomic E-state index is 0.276. The Morgan fingerprint density at radius 1 is 1.11 bits per heavy atom. The first-order chi connectivity index (χ1) is 13.4. The van der Waals surface area contributed by atoms with E-state index in [1.807, 2.05) is 13.8 Å². The number of hydrogen-bond acceptors (Lipinski definition) is 6. The first-order valence-corrected chi connectivity index (χ1v) is 8.85. The molecule has 0 saturated heterocycles. The van der Waals surface area contributed by atoms with Crippen molar-refractivity contribution in [3.05, 3.63) is 53.5 Å². The lowest BCUT2D eigenvalue weighted by atomic mass is 10.2. The van der Waals surface area contributed by atoms with Gasteiger partial charge in [0.15, 0.2) is 6.61 Å². The number of nitrogens with one attached hydrogen (secondary N) is 1. The van der Waals surface area contributed by atoms with Crippen LogP contribution in [0.4, 0.5) is 0 Å². The molecular weight excluding hydrogens is 364 g/mol. The van der Waals surface area contributed by atoms with Crippen molar-refractivity contribution in [1.82, 2.24) is 10.2 Å². The number of rotatable bonds is 9. The summed E-state index contributed by atoms with van der Waals surface area (Å²) in [6, 6.07) is 10.1. The van der Waals surface area contributed by atoms with Crippen LogP contribution in [0.3, 0.4) is 0 Å². The highest BCUT2D eigenvalue weighted by Crippen LogP contribution is 2.12. The third-order valence-electron chi connectivity index (χ3n) is 3.79. The predicted molar refractivity (Wildman–Crippen MR) is 101 cm³/mol. The number of aryl methyl sites for hydroxylation is 1. The maximum Gasteiger partial charge on any atom is 0.325 e. The number of furan rings is 1. The van der Waals surface area contributed by atoms with Crippen LogP contribution >= 0.6 is 0 Å². The summed E-state index contributed by atoms with van der Waals surface area (Å²) in [4.78, 5) is 37.2. The Morgan fingerprint density at radius 2 is 1.82 bits per heavy atom. The van der Waals surface area contributed by atoms with Crippen LogP contribution in [-0.4, -0.2) is 49.5 Å². The highest BCUT2D eigenvalue weighted by atomic mass is 16.5. The van der Waals surface area contributed by atoms with E-state index in [9.17, 15) is 14.4 Å². The molecule has 1 aromatic carbocycles. The highest BCUT2D eigenvalue weighted by Gasteiger charge is 2.15. The molecule has 2 amide bonds. The molecule has 0 spiro atoms. The molecule has 0 unspecified atom stereocenters. The second-order valence-electron chi connectivity index (χ2n) is 6.06. The lowest BCUT2D eigenvalue weighted by Gasteiger charge is -2.15. The zero-order valence-corrected chi connectivity index (χ0v) is 16.2. The summed E-state index contributed by atoms with van der Waals surface area (Å²) in [5.41, 5.74) is 0.390. The molecule has 2 rings (SSSR count). The standard InChI is InChI=1S/C20H24N2O6/c1-4-26-16-9-6-15(7-10-16)20(25)21-11-19(24)27-13-18(23)22(3)12-17-8-5-14(2)28-17/h5-10H,4,11-13H2,1-3H3,(H,21,25). The number of amides is 2. The van der Waals surface area contributed by atoms with E-state index in [1.54, 1.807) is 43.4 Å². The van der Waals surface area contributed by atoms with Crippen molar-refractivity contribution in [3.8, 4) is 5.75 Å². The van der Waals surface area contributed by atoms with Crippen molar-refractivity contribution in [2.75, 3.05) is 26.8 Å². The summed E-state index contributed by atoms with van der Waals surface area (Å²) in [7, 11) is 1.59. The maximum absolute atomic E-state index is 12.0. The van der Waals surface area contributed by atoms with Gasteiger partial charge < -0.3 is 24.1 Å². The number of carbonyl (C=O) groups is 3. The second kappa shape index (κ2) is 10.1. The van der Waals surface area contributed by atoms with Gasteiger partial charge in [-0.2, -0.15) is 0 Å². The van der Waals surface area contributed by atoms with Gasteiger partial charge in [0, 0.05) is 12.6 Å². The number of benzene rings is 1. The Kier molecular flexibility index (Phi) is 7.62. The molecule has 0 aliphatic heterocycles. The third-order valence-corrected chi connectivity index (χ3v) is 3.79. The van der Waals surface area contributed by atoms with Gasteiger partial charge in [-0.3, -0.25) is 14.4 Å². The van der Waals surface area contributed by atoms with E-state index >= 15 is 0 Å². The van der Waals surface area contributed by atoms with Crippen LogP contribution in [0.2, 0.25) is 0 Å². The molecule has 0 radical (unpaired) electrons. The lowest BCUT2D eigenvalue weighted by Crippen LogP contribution is -2.34. The van der Waals surface area contributed by atoms with Crippen molar-refractivity contribution >= 4 is 17.8 Å². The van der Waals surface area contributed by atoms with Gasteiger partial charge in [0.1, 0.15) is 23.8 Å². The summed E-state index contributed by atoms with van der Waals surface area (Å²) in [5.74, 6) is 0.561. The number of ether oxygens (including phenoxy) is 2. The van der Waals surface area contributed by atoms with Gasteiger partial charge in [0.25, 0.3) is 11.8 Å². The SMILES string of the molecule is CCOc1ccc(C(=O)NCC(=O)OCC(=O)N(C)Cc2ccc(C)o2)cc1. The number of likely N-dealkylation sites (N-methyl/N-ethyl adjacent to an activating group) is 1. The molecule has 2 aromatic rings. The smallest absolute Gasteiger partial charge is 0.325 e. The van der Waals surface area contributed by atoms with E-state index < -0.39 is 18.5 Å². The number of esters is 1. The normalized spacial score (nSPS) is 10.2. The zero-order valence-electron chi connectivity index (χ0n) is 16.2. The molecule has 8 nitrogen and oxygen atoms in total. The Hall–Kier alpha value is -3.29. The van der Waals surface area contributed by atoms with Gasteiger partial charge in [-0.05, 0) is 50.2 Å². The van der Waals surface area contributed by atoms with E-state index in [-0.39, 0.29) is 19.0 Å². The van der Waals surface area contributed by atoms with Crippen molar-refractivity contribution in [3.63, 3.8) is 0 Å². The Morgan fingerprint density at radius 3 is 2.43 bits per heavy atom. The predicted octanol–water partition coefficient (Wildman–Crippen LogP) is 1.92. The summed E-state index contributed by atoms with van der Waals surface area (Å²) in [6.45, 7) is 3.75. The largest absolute Gasteiger partial charge is 0.494 e. The monoisotopic (exact) mass is 388 g/mol. The van der Waals surface area contributed by atoms with Gasteiger partial charge in [-0.25, -0.2) is 0 Å². The van der Waals surface area contributed by atoms with Crippen LogP contribution in [0.15, 0.2) is 40.8 Å². The van der Waals surface area contributed by atoms with Crippen molar-refractivity contribution < 1.29 is 28.3 Å². The van der Waals surface area contributed by atoms with E-state index in [2.05, 4.69) is 5.32 Å². The topological polar surface area (TPSA) is 98.1 Å². The number of hydrogen-bond donors (Lipinski definition) is 1. The Bertz CT molecular complexity index is 812. The molecule has 28 heavy (non-hydrogen) atoms. The average molecular weight is 388 g/mol. The fourth-order valence-corrected chi connectivity index (χ4v) is 2.32. The van der Waals surface area contributed by atoms with Crippen molar-refractivity contribution in [1.29, 1.82) is 0 Å². The third kappa shape index (κ3) is 6.46. The van der Waals surface area contributed by atoms with Crippen LogP contribution in [0.25, 0.3) is 0 Å². The van der Waals surface area contributed by atoms with Crippen molar-refractivity contribution in [2.45, 2.75) is 20.4 Å². The van der Waals surface area contributed by atoms with Crippen LogP contribution in [0.5, 0.6) is 5.75 Å². The van der Waals surface area contributed by atoms with E-state index in [1.165, 1.54) is 4.90 Å². The molecule has 0 saturated carbocycles. The lowest BCUT2D eigenvalue weighted by molar-refractivity contribution is -0.150. The highest BCUT2D eigenvalue weighted by molar-refractivity contribution is 5.96. The Balaban J connectivity index is 1.71. The molecular formula is C20H24N2O6. The molecule has 1 heterocycles. The average Bonchev–Trinajstić information content (AvgIpc) is 3.09. The Labute approximate surface area is 163 Å². The quantitative estimate of drug-likeness (QED) is 0.659. The van der Waals surface area contributed by atoms with Crippen molar-refractivity contribution in [2.24, 2.45) is 0 Å². The van der Waals surface area contributed by atoms with Gasteiger partial charge in [-0.1, -0.05) is 0 Å². The van der Waals surface area contributed by atoms with Gasteiger partial charge in [-0.15, -0.1) is 0 Å². The summed E-state index contributed by atoms with van der Waals surface area (Å²) >= 11 is 0. The molecule has 8 heteroatoms. The molecule has 0 aliphatic rings. The molecule has 0 fully saturated rings. The van der Waals surface area contributed by atoms with Gasteiger partial charge in [0.05, 0.1) is 13.2 Å². The number of carbonyl (C=O) groups excluding carboxylic acids is 3. The fourth-order valence-electron chi connectivity index (χ4n) is 2.32. The van der Waals surface area contributed by atoms with Gasteiger partial charge >= 0.3 is 5.97 Å². The second-order valence-corrected chi connectivity index (χ2v) is 6.06. The first kappa shape index (κ1) is 21.0. The summed E-state index contributed by atoms with van der Waals surface area (Å²) < 4.78 is 15.6. The van der Waals surface area contributed by atoms with Crippen LogP contribution < -0.4 is 10.1 Å². The first-order valence-electron chi connectivity index (χ1n) is 8.85. The summed E-state index contributed by atoms with van der Waals surface area (Å²) in [6.07, 6.45) is 0. The minimum Gasteiger partial charge on any atom is -0.494 e.